The first-order valence-corrected chi connectivity index (χ1v) is 7.08. The van der Waals surface area contributed by atoms with E-state index in [-0.39, 0.29) is 0 Å². The number of rotatable bonds is 3. The predicted octanol–water partition coefficient (Wildman–Crippen LogP) is 2.06. The van der Waals surface area contributed by atoms with Crippen LogP contribution >= 0.6 is 0 Å². The molecule has 0 aliphatic carbocycles. The molecule has 1 N–H and O–H groups in total. The van der Waals surface area contributed by atoms with Gasteiger partial charge in [-0.15, -0.1) is 0 Å². The van der Waals surface area contributed by atoms with Crippen LogP contribution in [0.1, 0.15) is 12.5 Å². The van der Waals surface area contributed by atoms with Gasteiger partial charge in [-0.05, 0) is 25.0 Å². The molecule has 1 atom stereocenters. The molecule has 6 heteroatoms. The van der Waals surface area contributed by atoms with E-state index in [4.69, 9.17) is 0 Å². The van der Waals surface area contributed by atoms with Gasteiger partial charge >= 0.3 is 0 Å². The summed E-state index contributed by atoms with van der Waals surface area (Å²) in [5.41, 5.74) is 2.52. The Labute approximate surface area is 124 Å². The monoisotopic (exact) mass is 284 g/mol. The van der Waals surface area contributed by atoms with Gasteiger partial charge in [-0.2, -0.15) is 15.0 Å². The van der Waals surface area contributed by atoms with Crippen LogP contribution in [0, 0.1) is 0 Å². The normalized spacial score (nSPS) is 16.8. The maximum Gasteiger partial charge on any atom is 0.236 e. The van der Waals surface area contributed by atoms with Crippen molar-refractivity contribution in [3.63, 3.8) is 0 Å². The fourth-order valence-corrected chi connectivity index (χ4v) is 2.64. The van der Waals surface area contributed by atoms with Crippen LogP contribution in [0.5, 0.6) is 0 Å². The van der Waals surface area contributed by atoms with Crippen molar-refractivity contribution in [3.05, 3.63) is 29.8 Å². The van der Waals surface area contributed by atoms with Crippen LogP contribution in [-0.2, 0) is 6.42 Å². The van der Waals surface area contributed by atoms with E-state index in [2.05, 4.69) is 56.4 Å². The lowest BCUT2D eigenvalue weighted by molar-refractivity contribution is 0.736. The molecule has 1 aliphatic heterocycles. The largest absolute Gasteiger partial charge is 0.357 e. The molecule has 0 spiro atoms. The lowest BCUT2D eigenvalue weighted by Crippen LogP contribution is -2.27. The molecule has 0 radical (unpaired) electrons. The zero-order chi connectivity index (χ0) is 15.0. The third-order valence-electron chi connectivity index (χ3n) is 3.66. The topological polar surface area (TPSA) is 57.2 Å². The first-order chi connectivity index (χ1) is 10.1. The molecular weight excluding hydrogens is 264 g/mol. The van der Waals surface area contributed by atoms with E-state index in [1.54, 1.807) is 0 Å². The average Bonchev–Trinajstić information content (AvgIpc) is 2.82. The van der Waals surface area contributed by atoms with Crippen molar-refractivity contribution in [1.29, 1.82) is 0 Å². The minimum atomic E-state index is 0.338. The van der Waals surface area contributed by atoms with Gasteiger partial charge in [-0.25, -0.2) is 0 Å². The maximum atomic E-state index is 4.60. The van der Waals surface area contributed by atoms with Crippen LogP contribution < -0.4 is 15.1 Å². The summed E-state index contributed by atoms with van der Waals surface area (Å²) in [7, 11) is 5.68. The molecule has 6 nitrogen and oxygen atoms in total. The van der Waals surface area contributed by atoms with E-state index < -0.39 is 0 Å². The first-order valence-electron chi connectivity index (χ1n) is 7.08. The van der Waals surface area contributed by atoms with E-state index in [1.165, 1.54) is 11.3 Å². The highest BCUT2D eigenvalue weighted by Gasteiger charge is 2.29. The molecule has 1 aromatic heterocycles. The highest BCUT2D eigenvalue weighted by Crippen LogP contribution is 2.36. The smallest absolute Gasteiger partial charge is 0.236 e. The van der Waals surface area contributed by atoms with Gasteiger partial charge in [-0.1, -0.05) is 18.2 Å². The second-order valence-corrected chi connectivity index (χ2v) is 5.46. The minimum absolute atomic E-state index is 0.338. The summed E-state index contributed by atoms with van der Waals surface area (Å²) in [5.74, 6) is 1.93. The standard InChI is InChI=1S/C15H20N6/c1-10-9-11-7-5-6-8-12(11)21(10)15-18-13(16-2)17-14(19-15)20(3)4/h5-8,10H,9H2,1-4H3,(H,16,17,18,19). The summed E-state index contributed by atoms with van der Waals surface area (Å²) in [5, 5.41) is 3.01. The summed E-state index contributed by atoms with van der Waals surface area (Å²) in [6.45, 7) is 2.19. The zero-order valence-corrected chi connectivity index (χ0v) is 12.8. The lowest BCUT2D eigenvalue weighted by Gasteiger charge is -2.24. The van der Waals surface area contributed by atoms with Gasteiger partial charge in [-0.3, -0.25) is 0 Å². The summed E-state index contributed by atoms with van der Waals surface area (Å²) in [6, 6.07) is 8.75. The molecule has 0 amide bonds. The predicted molar refractivity (Wildman–Crippen MR) is 85.4 cm³/mol. The molecule has 0 fully saturated rings. The number of hydrogen-bond acceptors (Lipinski definition) is 6. The third-order valence-corrected chi connectivity index (χ3v) is 3.66. The van der Waals surface area contributed by atoms with Crippen molar-refractivity contribution in [1.82, 2.24) is 15.0 Å². The molecule has 3 rings (SSSR count). The zero-order valence-electron chi connectivity index (χ0n) is 12.8. The fraction of sp³-hybridized carbons (Fsp3) is 0.400. The number of benzene rings is 1. The van der Waals surface area contributed by atoms with Crippen LogP contribution in [0.15, 0.2) is 24.3 Å². The van der Waals surface area contributed by atoms with Crippen LogP contribution in [-0.4, -0.2) is 42.1 Å². The van der Waals surface area contributed by atoms with Gasteiger partial charge in [0.1, 0.15) is 0 Å². The van der Waals surface area contributed by atoms with Crippen LogP contribution in [0.4, 0.5) is 23.5 Å². The van der Waals surface area contributed by atoms with Gasteiger partial charge in [0.15, 0.2) is 0 Å². The Morgan fingerprint density at radius 3 is 2.67 bits per heavy atom. The van der Waals surface area contributed by atoms with Crippen molar-refractivity contribution in [2.45, 2.75) is 19.4 Å². The summed E-state index contributed by atoms with van der Waals surface area (Å²) in [4.78, 5) is 17.6. The maximum absolute atomic E-state index is 4.60. The number of hydrogen-bond donors (Lipinski definition) is 1. The van der Waals surface area contributed by atoms with Crippen LogP contribution in [0.2, 0.25) is 0 Å². The molecular formula is C15H20N6. The van der Waals surface area contributed by atoms with Gasteiger partial charge in [0, 0.05) is 32.9 Å². The number of aromatic nitrogens is 3. The molecule has 1 aliphatic rings. The fourth-order valence-electron chi connectivity index (χ4n) is 2.64. The molecule has 2 aromatic rings. The molecule has 21 heavy (non-hydrogen) atoms. The summed E-state index contributed by atoms with van der Waals surface area (Å²) >= 11 is 0. The van der Waals surface area contributed by atoms with Gasteiger partial charge in [0.2, 0.25) is 17.8 Å². The van der Waals surface area contributed by atoms with Crippen molar-refractivity contribution in [2.75, 3.05) is 36.3 Å². The first kappa shape index (κ1) is 13.6. The van der Waals surface area contributed by atoms with Crippen molar-refractivity contribution in [3.8, 4) is 0 Å². The number of nitrogens with zero attached hydrogens (tertiary/aromatic N) is 5. The van der Waals surface area contributed by atoms with Crippen LogP contribution in [0.25, 0.3) is 0 Å². The molecule has 1 unspecified atom stereocenters. The van der Waals surface area contributed by atoms with Crippen molar-refractivity contribution in [2.24, 2.45) is 0 Å². The Morgan fingerprint density at radius 2 is 1.95 bits per heavy atom. The van der Waals surface area contributed by atoms with E-state index in [0.29, 0.717) is 23.9 Å². The van der Waals surface area contributed by atoms with Gasteiger partial charge < -0.3 is 15.1 Å². The Bertz CT molecular complexity index is 654. The van der Waals surface area contributed by atoms with Crippen molar-refractivity contribution < 1.29 is 0 Å². The number of nitrogens with one attached hydrogen (secondary N) is 1. The lowest BCUT2D eigenvalue weighted by atomic mass is 10.1. The quantitative estimate of drug-likeness (QED) is 0.931. The Kier molecular flexibility index (Phi) is 3.37. The molecule has 1 aromatic carbocycles. The highest BCUT2D eigenvalue weighted by atomic mass is 15.4. The van der Waals surface area contributed by atoms with E-state index in [9.17, 15) is 0 Å². The molecule has 0 bridgehead atoms. The molecule has 110 valence electrons. The van der Waals surface area contributed by atoms with Gasteiger partial charge in [0.25, 0.3) is 0 Å². The Balaban J connectivity index is 2.10. The van der Waals surface area contributed by atoms with E-state index >= 15 is 0 Å². The number of anilines is 4. The highest BCUT2D eigenvalue weighted by molar-refractivity contribution is 5.68. The Morgan fingerprint density at radius 1 is 1.19 bits per heavy atom. The van der Waals surface area contributed by atoms with E-state index in [1.807, 2.05) is 26.0 Å². The molecule has 2 heterocycles. The SMILES string of the molecule is CNc1nc(N(C)C)nc(N2c3ccccc3CC2C)n1. The average molecular weight is 284 g/mol. The van der Waals surface area contributed by atoms with Gasteiger partial charge in [0.05, 0.1) is 0 Å². The Hall–Kier alpha value is -2.37. The van der Waals surface area contributed by atoms with Crippen LogP contribution in [0.3, 0.4) is 0 Å². The second-order valence-electron chi connectivity index (χ2n) is 5.46. The summed E-state index contributed by atoms with van der Waals surface area (Å²) in [6.07, 6.45) is 1.01. The third kappa shape index (κ3) is 2.37. The minimum Gasteiger partial charge on any atom is -0.357 e. The molecule has 0 saturated heterocycles. The van der Waals surface area contributed by atoms with Crippen molar-refractivity contribution >= 4 is 23.5 Å². The summed E-state index contributed by atoms with van der Waals surface area (Å²) < 4.78 is 0. The van der Waals surface area contributed by atoms with E-state index in [0.717, 1.165) is 6.42 Å². The second kappa shape index (κ2) is 5.20. The number of para-hydroxylation sites is 1. The molecule has 0 saturated carbocycles. The number of fused-ring (bicyclic) bond motifs is 1.